The largest absolute Gasteiger partial charge is 0.480 e. The summed E-state index contributed by atoms with van der Waals surface area (Å²) in [6.45, 7) is 0.555. The molecule has 1 atom stereocenters. The van der Waals surface area contributed by atoms with Crippen molar-refractivity contribution in [1.82, 2.24) is 5.32 Å². The topological polar surface area (TPSA) is 92.4 Å². The lowest BCUT2D eigenvalue weighted by Gasteiger charge is -2.13. The van der Waals surface area contributed by atoms with Gasteiger partial charge in [0.15, 0.2) is 0 Å². The van der Waals surface area contributed by atoms with Gasteiger partial charge in [0.25, 0.3) is 0 Å². The van der Waals surface area contributed by atoms with Gasteiger partial charge in [-0.3, -0.25) is 9.59 Å². The van der Waals surface area contributed by atoms with E-state index in [1.807, 2.05) is 30.3 Å². The first-order chi connectivity index (χ1) is 8.59. The molecule has 6 heteroatoms. The molecule has 4 N–H and O–H groups in total. The Bertz CT molecular complexity index is 398. The number of benzene rings is 1. The number of hydrogen-bond donors (Lipinski definition) is 3. The lowest BCUT2D eigenvalue weighted by Crippen LogP contribution is -2.38. The van der Waals surface area contributed by atoms with Crippen LogP contribution in [0.2, 0.25) is 0 Å². The number of nitrogens with one attached hydrogen (secondary N) is 1. The second-order valence-corrected chi connectivity index (χ2v) is 4.09. The van der Waals surface area contributed by atoms with E-state index in [4.69, 9.17) is 10.8 Å². The Balaban J connectivity index is 0.00000324. The van der Waals surface area contributed by atoms with Gasteiger partial charge in [0.2, 0.25) is 5.91 Å². The summed E-state index contributed by atoms with van der Waals surface area (Å²) in [5.74, 6) is -1.43. The average Bonchev–Trinajstić information content (AvgIpc) is 2.34. The monoisotopic (exact) mass is 286 g/mol. The van der Waals surface area contributed by atoms with Crippen LogP contribution < -0.4 is 11.1 Å². The zero-order valence-corrected chi connectivity index (χ0v) is 11.4. The second kappa shape index (κ2) is 9.35. The van der Waals surface area contributed by atoms with E-state index in [-0.39, 0.29) is 25.2 Å². The van der Waals surface area contributed by atoms with Crippen LogP contribution in [0.4, 0.5) is 0 Å². The molecule has 0 aliphatic heterocycles. The van der Waals surface area contributed by atoms with E-state index in [0.717, 1.165) is 12.0 Å². The number of amides is 1. The third-order valence-corrected chi connectivity index (χ3v) is 2.62. The fourth-order valence-electron chi connectivity index (χ4n) is 1.63. The molecule has 0 saturated carbocycles. The van der Waals surface area contributed by atoms with Crippen molar-refractivity contribution in [2.45, 2.75) is 25.3 Å². The molecule has 0 radical (unpaired) electrons. The predicted molar refractivity (Wildman–Crippen MR) is 75.2 cm³/mol. The van der Waals surface area contributed by atoms with Gasteiger partial charge in [-0.15, -0.1) is 12.4 Å². The van der Waals surface area contributed by atoms with Gasteiger partial charge < -0.3 is 16.2 Å². The minimum atomic E-state index is -0.954. The van der Waals surface area contributed by atoms with Crippen molar-refractivity contribution in [2.75, 3.05) is 6.54 Å². The molecule has 106 valence electrons. The van der Waals surface area contributed by atoms with Gasteiger partial charge in [-0.05, 0) is 24.9 Å². The van der Waals surface area contributed by atoms with Gasteiger partial charge in [0, 0.05) is 6.42 Å². The quantitative estimate of drug-likeness (QED) is 0.664. The number of aliphatic carboxylic acids is 1. The van der Waals surface area contributed by atoms with Crippen molar-refractivity contribution >= 4 is 24.3 Å². The molecule has 0 aliphatic rings. The molecule has 0 spiro atoms. The maximum atomic E-state index is 10.9. The fraction of sp³-hybridized carbons (Fsp3) is 0.385. The highest BCUT2D eigenvalue weighted by atomic mass is 35.5. The smallest absolute Gasteiger partial charge is 0.320 e. The summed E-state index contributed by atoms with van der Waals surface area (Å²) in [7, 11) is 0. The molecular weight excluding hydrogens is 268 g/mol. The Kier molecular flexibility index (Phi) is 8.57. The van der Waals surface area contributed by atoms with Crippen LogP contribution in [0.3, 0.4) is 0 Å². The molecule has 0 heterocycles. The Labute approximate surface area is 118 Å². The normalized spacial score (nSPS) is 11.4. The summed E-state index contributed by atoms with van der Waals surface area (Å²) in [5, 5.41) is 11.9. The van der Waals surface area contributed by atoms with Crippen LogP contribution in [0.25, 0.3) is 0 Å². The first kappa shape index (κ1) is 17.4. The minimum Gasteiger partial charge on any atom is -0.480 e. The molecule has 1 rings (SSSR count). The molecule has 5 nitrogen and oxygen atoms in total. The second-order valence-electron chi connectivity index (χ2n) is 4.09. The van der Waals surface area contributed by atoms with E-state index in [1.54, 1.807) is 0 Å². The van der Waals surface area contributed by atoms with E-state index in [9.17, 15) is 9.59 Å². The third-order valence-electron chi connectivity index (χ3n) is 2.62. The molecule has 0 saturated heterocycles. The van der Waals surface area contributed by atoms with Gasteiger partial charge in [0.1, 0.15) is 6.04 Å². The van der Waals surface area contributed by atoms with Gasteiger partial charge in [-0.25, -0.2) is 0 Å². The van der Waals surface area contributed by atoms with Crippen molar-refractivity contribution in [1.29, 1.82) is 0 Å². The van der Waals surface area contributed by atoms with Crippen LogP contribution in [0, 0.1) is 0 Å². The van der Waals surface area contributed by atoms with E-state index >= 15 is 0 Å². The Morgan fingerprint density at radius 2 is 1.89 bits per heavy atom. The van der Waals surface area contributed by atoms with E-state index in [2.05, 4.69) is 5.32 Å². The average molecular weight is 287 g/mol. The summed E-state index contributed by atoms with van der Waals surface area (Å²) in [5.41, 5.74) is 6.14. The Morgan fingerprint density at radius 3 is 2.42 bits per heavy atom. The van der Waals surface area contributed by atoms with Crippen LogP contribution in [-0.4, -0.2) is 29.6 Å². The molecule has 19 heavy (non-hydrogen) atoms. The zero-order valence-electron chi connectivity index (χ0n) is 10.5. The van der Waals surface area contributed by atoms with Crippen molar-refractivity contribution < 1.29 is 14.7 Å². The SMILES string of the molecule is Cl.NC(=O)CC[C@H](NCCc1ccccc1)C(=O)O. The number of halogens is 1. The summed E-state index contributed by atoms with van der Waals surface area (Å²) < 4.78 is 0. The molecule has 1 aromatic carbocycles. The van der Waals surface area contributed by atoms with Crippen LogP contribution >= 0.6 is 12.4 Å². The number of hydrogen-bond acceptors (Lipinski definition) is 3. The zero-order chi connectivity index (χ0) is 13.4. The van der Waals surface area contributed by atoms with Crippen molar-refractivity contribution in [3.63, 3.8) is 0 Å². The number of primary amides is 1. The highest BCUT2D eigenvalue weighted by Gasteiger charge is 2.16. The van der Waals surface area contributed by atoms with Gasteiger partial charge in [0.05, 0.1) is 0 Å². The molecular formula is C13H19ClN2O3. The molecule has 0 bridgehead atoms. The van der Waals surface area contributed by atoms with Crippen molar-refractivity contribution in [3.05, 3.63) is 35.9 Å². The minimum absolute atomic E-state index is 0. The van der Waals surface area contributed by atoms with Gasteiger partial charge >= 0.3 is 5.97 Å². The van der Waals surface area contributed by atoms with E-state index < -0.39 is 17.9 Å². The number of carboxylic acid groups (broad SMARTS) is 1. The van der Waals surface area contributed by atoms with Crippen molar-refractivity contribution in [3.8, 4) is 0 Å². The van der Waals surface area contributed by atoms with Crippen LogP contribution in [-0.2, 0) is 16.0 Å². The maximum absolute atomic E-state index is 10.9. The number of carbonyl (C=O) groups is 2. The Morgan fingerprint density at radius 1 is 1.26 bits per heavy atom. The predicted octanol–water partition coefficient (Wildman–Crippen LogP) is 0.959. The molecule has 0 fully saturated rings. The Hall–Kier alpha value is -1.59. The lowest BCUT2D eigenvalue weighted by molar-refractivity contribution is -0.139. The number of nitrogens with two attached hydrogens (primary N) is 1. The highest BCUT2D eigenvalue weighted by molar-refractivity contribution is 5.85. The fourth-order valence-corrected chi connectivity index (χ4v) is 1.63. The molecule has 0 aromatic heterocycles. The van der Waals surface area contributed by atoms with Crippen LogP contribution in [0.15, 0.2) is 30.3 Å². The van der Waals surface area contributed by atoms with Gasteiger partial charge in [-0.2, -0.15) is 0 Å². The summed E-state index contributed by atoms with van der Waals surface area (Å²) in [4.78, 5) is 21.6. The summed E-state index contributed by atoms with van der Waals surface area (Å²) >= 11 is 0. The first-order valence-corrected chi connectivity index (χ1v) is 5.88. The molecule has 1 amide bonds. The lowest BCUT2D eigenvalue weighted by atomic mass is 10.1. The molecule has 0 unspecified atom stereocenters. The standard InChI is InChI=1S/C13H18N2O3.ClH/c14-12(16)7-6-11(13(17)18)15-9-8-10-4-2-1-3-5-10;/h1-5,11,15H,6-9H2,(H2,14,16)(H,17,18);1H/t11-;/m0./s1. The van der Waals surface area contributed by atoms with E-state index in [0.29, 0.717) is 6.54 Å². The number of carbonyl (C=O) groups excluding carboxylic acids is 1. The molecule has 0 aliphatic carbocycles. The first-order valence-electron chi connectivity index (χ1n) is 5.88. The highest BCUT2D eigenvalue weighted by Crippen LogP contribution is 2.01. The van der Waals surface area contributed by atoms with Crippen LogP contribution in [0.1, 0.15) is 18.4 Å². The summed E-state index contributed by atoms with van der Waals surface area (Å²) in [6, 6.07) is 9.07. The number of rotatable bonds is 8. The van der Waals surface area contributed by atoms with E-state index in [1.165, 1.54) is 0 Å². The number of carboxylic acids is 1. The third kappa shape index (κ3) is 7.43. The van der Waals surface area contributed by atoms with Gasteiger partial charge in [-0.1, -0.05) is 30.3 Å². The van der Waals surface area contributed by atoms with Crippen LogP contribution in [0.5, 0.6) is 0 Å². The summed E-state index contributed by atoms with van der Waals surface area (Å²) in [6.07, 6.45) is 1.05. The van der Waals surface area contributed by atoms with Crippen molar-refractivity contribution in [2.24, 2.45) is 5.73 Å². The molecule has 1 aromatic rings. The maximum Gasteiger partial charge on any atom is 0.320 e.